The van der Waals surface area contributed by atoms with Gasteiger partial charge in [-0.2, -0.15) is 0 Å². The largest absolute Gasteiger partial charge is 0.454 e. The third-order valence-electron chi connectivity index (χ3n) is 9.96. The summed E-state index contributed by atoms with van der Waals surface area (Å²) < 4.78 is 11.0. The smallest absolute Gasteiger partial charge is 0.239 e. The molecule has 3 aliphatic rings. The molecule has 0 aromatic heterocycles. The van der Waals surface area contributed by atoms with E-state index in [4.69, 9.17) is 9.47 Å². The van der Waals surface area contributed by atoms with E-state index in [-0.39, 0.29) is 37.5 Å². The Morgan fingerprint density at radius 2 is 1.71 bits per heavy atom. The SMILES string of the molecule is C[C@H](c1ccccc1)[C@@H](C[C@@H](O)CN1CCN(Cc2ccc3c(c2)OCO3)C[C@@H]1C(=O)NC(C)(C)C)C(=O)N[C@@H]1c2ccccc2C[C@H]1O. The van der Waals surface area contributed by atoms with Crippen LogP contribution in [-0.4, -0.2) is 88.6 Å². The summed E-state index contributed by atoms with van der Waals surface area (Å²) in [5, 5.41) is 28.8. The summed E-state index contributed by atoms with van der Waals surface area (Å²) >= 11 is 0. The Hall–Kier alpha value is -3.96. The predicted octanol–water partition coefficient (Wildman–Crippen LogP) is 3.76. The third-order valence-corrected chi connectivity index (χ3v) is 9.96. The fraction of sp³-hybridized carbons (Fsp3) is 0.487. The molecule has 262 valence electrons. The zero-order valence-corrected chi connectivity index (χ0v) is 29.0. The van der Waals surface area contributed by atoms with Crippen LogP contribution in [0.1, 0.15) is 68.3 Å². The number of piperazine rings is 1. The number of nitrogens with one attached hydrogen (secondary N) is 2. The lowest BCUT2D eigenvalue weighted by Crippen LogP contribution is -2.62. The van der Waals surface area contributed by atoms with Crippen molar-refractivity contribution < 1.29 is 29.3 Å². The second kappa shape index (κ2) is 14.9. The highest BCUT2D eigenvalue weighted by Crippen LogP contribution is 2.35. The van der Waals surface area contributed by atoms with Crippen LogP contribution >= 0.6 is 0 Å². The molecule has 49 heavy (non-hydrogen) atoms. The second-order valence-electron chi connectivity index (χ2n) is 14.8. The number of hydrogen-bond donors (Lipinski definition) is 4. The van der Waals surface area contributed by atoms with Crippen LogP contribution in [0.4, 0.5) is 0 Å². The average molecular weight is 671 g/mol. The molecule has 1 aliphatic carbocycles. The van der Waals surface area contributed by atoms with Crippen LogP contribution in [0.5, 0.6) is 11.5 Å². The van der Waals surface area contributed by atoms with Crippen molar-refractivity contribution in [3.05, 3.63) is 95.1 Å². The molecule has 10 heteroatoms. The molecule has 3 aromatic carbocycles. The molecule has 3 aromatic rings. The van der Waals surface area contributed by atoms with Gasteiger partial charge in [0.15, 0.2) is 11.5 Å². The van der Waals surface area contributed by atoms with Gasteiger partial charge >= 0.3 is 0 Å². The summed E-state index contributed by atoms with van der Waals surface area (Å²) in [5.41, 5.74) is 3.62. The first kappa shape index (κ1) is 34.9. The Bertz CT molecular complexity index is 1610. The first-order valence-electron chi connectivity index (χ1n) is 17.4. The second-order valence-corrected chi connectivity index (χ2v) is 14.8. The van der Waals surface area contributed by atoms with Gasteiger partial charge in [0.1, 0.15) is 6.04 Å². The standard InChI is InChI=1S/C39H50N4O6/c1-25(27-10-6-5-7-11-27)31(37(46)40-36-30-13-9-8-12-28(30)19-33(36)45)20-29(44)22-43-17-16-42(23-32(43)38(47)41-39(2,3)4)21-26-14-15-34-35(18-26)49-24-48-34/h5-15,18,25,29,31-33,36,44-45H,16-17,19-24H2,1-4H3,(H,40,46)(H,41,47)/t25-,29-,31-,32-,33-,36-/m1/s1. The molecule has 6 atom stereocenters. The Morgan fingerprint density at radius 1 is 0.980 bits per heavy atom. The van der Waals surface area contributed by atoms with E-state index in [1.807, 2.05) is 100 Å². The quantitative estimate of drug-likeness (QED) is 0.243. The number of rotatable bonds is 11. The molecule has 0 saturated carbocycles. The molecule has 0 bridgehead atoms. The van der Waals surface area contributed by atoms with Gasteiger partial charge in [-0.1, -0.05) is 67.6 Å². The molecular weight excluding hydrogens is 620 g/mol. The van der Waals surface area contributed by atoms with Crippen molar-refractivity contribution in [2.24, 2.45) is 5.92 Å². The maximum absolute atomic E-state index is 14.1. The highest BCUT2D eigenvalue weighted by atomic mass is 16.7. The minimum atomic E-state index is -0.868. The van der Waals surface area contributed by atoms with Gasteiger partial charge in [0.05, 0.1) is 18.2 Å². The molecular formula is C39H50N4O6. The monoisotopic (exact) mass is 670 g/mol. The zero-order valence-electron chi connectivity index (χ0n) is 29.0. The van der Waals surface area contributed by atoms with Gasteiger partial charge in [0, 0.05) is 50.6 Å². The number of aliphatic hydroxyl groups is 2. The summed E-state index contributed by atoms with van der Waals surface area (Å²) in [4.78, 5) is 32.1. The Labute approximate surface area is 289 Å². The van der Waals surface area contributed by atoms with E-state index in [9.17, 15) is 19.8 Å². The number of hydrogen-bond acceptors (Lipinski definition) is 8. The zero-order chi connectivity index (χ0) is 34.7. The highest BCUT2D eigenvalue weighted by molar-refractivity contribution is 5.83. The molecule has 0 radical (unpaired) electrons. The summed E-state index contributed by atoms with van der Waals surface area (Å²) in [6.45, 7) is 10.8. The first-order valence-corrected chi connectivity index (χ1v) is 17.4. The average Bonchev–Trinajstić information content (AvgIpc) is 3.67. The van der Waals surface area contributed by atoms with Crippen molar-refractivity contribution in [1.29, 1.82) is 0 Å². The van der Waals surface area contributed by atoms with E-state index in [0.717, 1.165) is 33.8 Å². The molecule has 0 spiro atoms. The molecule has 10 nitrogen and oxygen atoms in total. The fourth-order valence-electron chi connectivity index (χ4n) is 7.41. The number of fused-ring (bicyclic) bond motifs is 2. The maximum atomic E-state index is 14.1. The van der Waals surface area contributed by atoms with Crippen molar-refractivity contribution >= 4 is 11.8 Å². The Kier molecular flexibility index (Phi) is 10.6. The van der Waals surface area contributed by atoms with Crippen LogP contribution in [0.2, 0.25) is 0 Å². The fourth-order valence-corrected chi connectivity index (χ4v) is 7.41. The third kappa shape index (κ3) is 8.44. The van der Waals surface area contributed by atoms with Crippen molar-refractivity contribution in [3.8, 4) is 11.5 Å². The first-order chi connectivity index (χ1) is 23.4. The molecule has 2 heterocycles. The van der Waals surface area contributed by atoms with Crippen molar-refractivity contribution in [2.45, 2.75) is 82.8 Å². The number of ether oxygens (including phenoxy) is 2. The number of carbonyl (C=O) groups is 2. The number of nitrogens with zero attached hydrogens (tertiary/aromatic N) is 2. The maximum Gasteiger partial charge on any atom is 0.239 e. The topological polar surface area (TPSA) is 124 Å². The summed E-state index contributed by atoms with van der Waals surface area (Å²) in [7, 11) is 0. The number of amides is 2. The van der Waals surface area contributed by atoms with Gasteiger partial charge in [-0.25, -0.2) is 0 Å². The molecule has 2 amide bonds. The molecule has 1 saturated heterocycles. The van der Waals surface area contributed by atoms with E-state index < -0.39 is 35.7 Å². The lowest BCUT2D eigenvalue weighted by Gasteiger charge is -2.42. The van der Waals surface area contributed by atoms with Gasteiger partial charge in [-0.3, -0.25) is 19.4 Å². The number of aliphatic hydroxyl groups excluding tert-OH is 2. The van der Waals surface area contributed by atoms with Crippen molar-refractivity contribution in [1.82, 2.24) is 20.4 Å². The van der Waals surface area contributed by atoms with Gasteiger partial charge in [0.25, 0.3) is 0 Å². The summed E-state index contributed by atoms with van der Waals surface area (Å²) in [5.74, 6) is 0.427. The molecule has 0 unspecified atom stereocenters. The normalized spacial score (nSPS) is 22.6. The number of carbonyl (C=O) groups excluding carboxylic acids is 2. The summed E-state index contributed by atoms with van der Waals surface area (Å²) in [6.07, 6.45) is -0.887. The molecule has 6 rings (SSSR count). The van der Waals surface area contributed by atoms with Crippen LogP contribution in [0, 0.1) is 5.92 Å². The van der Waals surface area contributed by atoms with Gasteiger partial charge in [-0.15, -0.1) is 0 Å². The Balaban J connectivity index is 1.17. The van der Waals surface area contributed by atoms with Crippen LogP contribution < -0.4 is 20.1 Å². The van der Waals surface area contributed by atoms with E-state index >= 15 is 0 Å². The van der Waals surface area contributed by atoms with E-state index in [1.54, 1.807) is 0 Å². The van der Waals surface area contributed by atoms with Crippen molar-refractivity contribution in [2.75, 3.05) is 33.0 Å². The van der Waals surface area contributed by atoms with E-state index in [2.05, 4.69) is 20.4 Å². The Morgan fingerprint density at radius 3 is 2.49 bits per heavy atom. The van der Waals surface area contributed by atoms with Crippen LogP contribution in [0.15, 0.2) is 72.8 Å². The number of β-amino-alcohol motifs (C(OH)–C–C–N with tert-alkyl or cyclic N) is 1. The predicted molar refractivity (Wildman–Crippen MR) is 187 cm³/mol. The van der Waals surface area contributed by atoms with E-state index in [1.165, 1.54) is 0 Å². The lowest BCUT2D eigenvalue weighted by molar-refractivity contribution is -0.132. The minimum absolute atomic E-state index is 0.0871. The highest BCUT2D eigenvalue weighted by Gasteiger charge is 2.38. The molecule has 4 N–H and O–H groups in total. The number of benzene rings is 3. The summed E-state index contributed by atoms with van der Waals surface area (Å²) in [6, 6.07) is 22.6. The van der Waals surface area contributed by atoms with E-state index in [0.29, 0.717) is 32.6 Å². The van der Waals surface area contributed by atoms with Crippen LogP contribution in [-0.2, 0) is 22.6 Å². The van der Waals surface area contributed by atoms with Crippen molar-refractivity contribution in [3.63, 3.8) is 0 Å². The lowest BCUT2D eigenvalue weighted by atomic mass is 9.82. The van der Waals surface area contributed by atoms with Gasteiger partial charge in [-0.05, 0) is 67.5 Å². The van der Waals surface area contributed by atoms with Crippen LogP contribution in [0.3, 0.4) is 0 Å². The minimum Gasteiger partial charge on any atom is -0.454 e. The molecule has 2 aliphatic heterocycles. The van der Waals surface area contributed by atoms with Crippen LogP contribution in [0.25, 0.3) is 0 Å². The molecule has 1 fully saturated rings. The van der Waals surface area contributed by atoms with Gasteiger partial charge in [0.2, 0.25) is 18.6 Å². The van der Waals surface area contributed by atoms with Gasteiger partial charge < -0.3 is 30.3 Å².